The molecule has 0 aliphatic carbocycles. The van der Waals surface area contributed by atoms with Gasteiger partial charge in [0, 0.05) is 12.1 Å². The van der Waals surface area contributed by atoms with Gasteiger partial charge < -0.3 is 10.0 Å². The summed E-state index contributed by atoms with van der Waals surface area (Å²) in [6.07, 6.45) is 0.670. The standard InChI is InChI=1S/C14H19NO2/c1-11(2)14(17)8-9-15(10-14)13(16)12-6-4-3-5-7-12/h3-7,11,17H,8-10H2,1-2H3. The average molecular weight is 233 g/mol. The van der Waals surface area contributed by atoms with Crippen LogP contribution in [0.2, 0.25) is 0 Å². The zero-order chi connectivity index (χ0) is 12.5. The third-order valence-electron chi connectivity index (χ3n) is 3.66. The van der Waals surface area contributed by atoms with E-state index in [-0.39, 0.29) is 11.8 Å². The fraction of sp³-hybridized carbons (Fsp3) is 0.500. The van der Waals surface area contributed by atoms with Crippen LogP contribution in [0.15, 0.2) is 30.3 Å². The minimum Gasteiger partial charge on any atom is -0.388 e. The first-order valence-electron chi connectivity index (χ1n) is 6.09. The highest BCUT2D eigenvalue weighted by atomic mass is 16.3. The lowest BCUT2D eigenvalue weighted by Gasteiger charge is -2.27. The monoisotopic (exact) mass is 233 g/mol. The Morgan fingerprint density at radius 1 is 1.35 bits per heavy atom. The molecule has 3 heteroatoms. The Balaban J connectivity index is 2.09. The van der Waals surface area contributed by atoms with Crippen molar-refractivity contribution in [2.24, 2.45) is 5.92 Å². The summed E-state index contributed by atoms with van der Waals surface area (Å²) in [6, 6.07) is 9.24. The molecule has 1 aliphatic heterocycles. The number of aliphatic hydroxyl groups is 1. The van der Waals surface area contributed by atoms with Crippen LogP contribution in [0.4, 0.5) is 0 Å². The predicted octanol–water partition coefficient (Wildman–Crippen LogP) is 1.92. The van der Waals surface area contributed by atoms with Crippen molar-refractivity contribution in [3.63, 3.8) is 0 Å². The molecule has 3 nitrogen and oxygen atoms in total. The van der Waals surface area contributed by atoms with Crippen LogP contribution in [0, 0.1) is 5.92 Å². The van der Waals surface area contributed by atoms with Crippen molar-refractivity contribution in [1.29, 1.82) is 0 Å². The van der Waals surface area contributed by atoms with Crippen molar-refractivity contribution in [3.8, 4) is 0 Å². The van der Waals surface area contributed by atoms with E-state index in [1.54, 1.807) is 4.90 Å². The van der Waals surface area contributed by atoms with E-state index >= 15 is 0 Å². The van der Waals surface area contributed by atoms with Gasteiger partial charge in [-0.25, -0.2) is 0 Å². The topological polar surface area (TPSA) is 40.5 Å². The largest absolute Gasteiger partial charge is 0.388 e. The highest BCUT2D eigenvalue weighted by molar-refractivity contribution is 5.94. The van der Waals surface area contributed by atoms with Gasteiger partial charge in [-0.15, -0.1) is 0 Å². The molecule has 1 heterocycles. The van der Waals surface area contributed by atoms with Crippen molar-refractivity contribution in [2.75, 3.05) is 13.1 Å². The maximum atomic E-state index is 12.2. The second-order valence-electron chi connectivity index (χ2n) is 5.10. The third kappa shape index (κ3) is 2.34. The van der Waals surface area contributed by atoms with Gasteiger partial charge in [-0.2, -0.15) is 0 Å². The van der Waals surface area contributed by atoms with Crippen molar-refractivity contribution < 1.29 is 9.90 Å². The first-order valence-corrected chi connectivity index (χ1v) is 6.09. The van der Waals surface area contributed by atoms with Gasteiger partial charge >= 0.3 is 0 Å². The van der Waals surface area contributed by atoms with Crippen LogP contribution in [0.5, 0.6) is 0 Å². The molecular formula is C14H19NO2. The van der Waals surface area contributed by atoms with Crippen LogP contribution in [-0.4, -0.2) is 34.6 Å². The molecule has 1 aromatic carbocycles. The number of nitrogens with zero attached hydrogens (tertiary/aromatic N) is 1. The van der Waals surface area contributed by atoms with E-state index in [0.717, 1.165) is 0 Å². The van der Waals surface area contributed by atoms with Crippen LogP contribution in [0.1, 0.15) is 30.6 Å². The molecule has 0 radical (unpaired) electrons. The Bertz CT molecular complexity index is 402. The fourth-order valence-corrected chi connectivity index (χ4v) is 2.23. The Hall–Kier alpha value is -1.35. The number of likely N-dealkylation sites (tertiary alicyclic amines) is 1. The second kappa shape index (κ2) is 4.49. The van der Waals surface area contributed by atoms with Gasteiger partial charge in [-0.1, -0.05) is 32.0 Å². The highest BCUT2D eigenvalue weighted by Gasteiger charge is 2.40. The van der Waals surface area contributed by atoms with E-state index in [1.807, 2.05) is 44.2 Å². The van der Waals surface area contributed by atoms with Crippen LogP contribution >= 0.6 is 0 Å². The van der Waals surface area contributed by atoms with E-state index in [1.165, 1.54) is 0 Å². The molecule has 92 valence electrons. The molecule has 1 N–H and O–H groups in total. The third-order valence-corrected chi connectivity index (χ3v) is 3.66. The first-order chi connectivity index (χ1) is 8.03. The number of β-amino-alcohol motifs (C(OH)–C–C–N with tert-alkyl or cyclic N) is 1. The highest BCUT2D eigenvalue weighted by Crippen LogP contribution is 2.29. The van der Waals surface area contributed by atoms with Crippen molar-refractivity contribution in [2.45, 2.75) is 25.9 Å². The Labute approximate surface area is 102 Å². The van der Waals surface area contributed by atoms with Crippen molar-refractivity contribution >= 4 is 5.91 Å². The summed E-state index contributed by atoms with van der Waals surface area (Å²) in [4.78, 5) is 13.9. The van der Waals surface area contributed by atoms with Crippen LogP contribution in [-0.2, 0) is 0 Å². The molecule has 1 saturated heterocycles. The fourth-order valence-electron chi connectivity index (χ4n) is 2.23. The minimum atomic E-state index is -0.718. The molecule has 1 amide bonds. The molecule has 1 fully saturated rings. The summed E-state index contributed by atoms with van der Waals surface area (Å²) in [5, 5.41) is 10.3. The zero-order valence-corrected chi connectivity index (χ0v) is 10.4. The van der Waals surface area contributed by atoms with E-state index < -0.39 is 5.60 Å². The average Bonchev–Trinajstić information content (AvgIpc) is 2.74. The molecule has 1 aliphatic rings. The van der Waals surface area contributed by atoms with Crippen molar-refractivity contribution in [3.05, 3.63) is 35.9 Å². The summed E-state index contributed by atoms with van der Waals surface area (Å²) < 4.78 is 0. The number of rotatable bonds is 2. The van der Waals surface area contributed by atoms with Gasteiger partial charge in [0.05, 0.1) is 12.1 Å². The molecular weight excluding hydrogens is 214 g/mol. The van der Waals surface area contributed by atoms with E-state index in [2.05, 4.69) is 0 Å². The summed E-state index contributed by atoms with van der Waals surface area (Å²) in [6.45, 7) is 5.08. The zero-order valence-electron chi connectivity index (χ0n) is 10.4. The van der Waals surface area contributed by atoms with Gasteiger partial charge in [0.2, 0.25) is 0 Å². The lowest BCUT2D eigenvalue weighted by Crippen LogP contribution is -2.40. The van der Waals surface area contributed by atoms with Crippen molar-refractivity contribution in [1.82, 2.24) is 4.90 Å². The van der Waals surface area contributed by atoms with Crippen LogP contribution < -0.4 is 0 Å². The predicted molar refractivity (Wildman–Crippen MR) is 66.8 cm³/mol. The quantitative estimate of drug-likeness (QED) is 0.847. The molecule has 2 rings (SSSR count). The van der Waals surface area contributed by atoms with Gasteiger partial charge in [-0.05, 0) is 24.5 Å². The van der Waals surface area contributed by atoms with Gasteiger partial charge in [-0.3, -0.25) is 4.79 Å². The maximum absolute atomic E-state index is 12.2. The molecule has 1 aromatic rings. The molecule has 0 spiro atoms. The number of hydrogen-bond acceptors (Lipinski definition) is 2. The maximum Gasteiger partial charge on any atom is 0.253 e. The number of benzene rings is 1. The smallest absolute Gasteiger partial charge is 0.253 e. The lowest BCUT2D eigenvalue weighted by atomic mass is 9.90. The SMILES string of the molecule is CC(C)C1(O)CCN(C(=O)c2ccccc2)C1. The van der Waals surface area contributed by atoms with E-state index in [9.17, 15) is 9.90 Å². The summed E-state index contributed by atoms with van der Waals surface area (Å²) in [5.74, 6) is 0.193. The molecule has 1 atom stereocenters. The summed E-state index contributed by atoms with van der Waals surface area (Å²) >= 11 is 0. The first kappa shape index (κ1) is 12.1. The number of carbonyl (C=O) groups excluding carboxylic acids is 1. The Morgan fingerprint density at radius 3 is 2.53 bits per heavy atom. The molecule has 0 bridgehead atoms. The van der Waals surface area contributed by atoms with Crippen LogP contribution in [0.25, 0.3) is 0 Å². The Morgan fingerprint density at radius 2 is 2.00 bits per heavy atom. The van der Waals surface area contributed by atoms with Crippen LogP contribution in [0.3, 0.4) is 0 Å². The summed E-state index contributed by atoms with van der Waals surface area (Å²) in [7, 11) is 0. The Kier molecular flexibility index (Phi) is 3.20. The molecule has 0 saturated carbocycles. The van der Waals surface area contributed by atoms with E-state index in [4.69, 9.17) is 0 Å². The lowest BCUT2D eigenvalue weighted by molar-refractivity contribution is 0.00521. The number of carbonyl (C=O) groups is 1. The molecule has 1 unspecified atom stereocenters. The number of hydrogen-bond donors (Lipinski definition) is 1. The molecule has 17 heavy (non-hydrogen) atoms. The van der Waals surface area contributed by atoms with Gasteiger partial charge in [0.15, 0.2) is 0 Å². The molecule has 0 aromatic heterocycles. The minimum absolute atomic E-state index is 0.0159. The van der Waals surface area contributed by atoms with Gasteiger partial charge in [0.1, 0.15) is 0 Å². The van der Waals surface area contributed by atoms with E-state index in [0.29, 0.717) is 25.1 Å². The normalized spacial score (nSPS) is 24.4. The van der Waals surface area contributed by atoms with Gasteiger partial charge in [0.25, 0.3) is 5.91 Å². The second-order valence-corrected chi connectivity index (χ2v) is 5.10. The number of amides is 1. The summed E-state index contributed by atoms with van der Waals surface area (Å²) in [5.41, 5.74) is -0.0229.